The Hall–Kier alpha value is -2.23. The molecule has 208 valence electrons. The number of hydrogen-bond donors (Lipinski definition) is 3. The number of hydrogen-bond acceptors (Lipinski definition) is 8. The van der Waals surface area contributed by atoms with Crippen LogP contribution in [-0.4, -0.2) is 60.9 Å². The van der Waals surface area contributed by atoms with Gasteiger partial charge in [0.25, 0.3) is 0 Å². The molecule has 3 N–H and O–H groups in total. The van der Waals surface area contributed by atoms with E-state index in [4.69, 9.17) is 21.3 Å². The normalized spacial score (nSPS) is 18.2. The number of anilines is 2. The lowest BCUT2D eigenvalue weighted by Gasteiger charge is -2.40. The molecule has 0 radical (unpaired) electrons. The standard InChI is InChI=1S/C28H41ClN6O2S/c1-27(2,3)37-26(36)34-19-28(4)10-14-35(15-11-28)23-17-33-24(18-32-23)38-22-7-5-6-21(25(22)29)31-16-20-8-12-30-13-9-20/h5-7,17-18,20,30-31H,8-16,19H2,1-4H3,(H,34,36). The third kappa shape index (κ3) is 8.38. The molecule has 0 aliphatic carbocycles. The molecule has 1 amide bonds. The first-order valence-electron chi connectivity index (χ1n) is 13.6. The fourth-order valence-corrected chi connectivity index (χ4v) is 5.85. The first-order valence-corrected chi connectivity index (χ1v) is 14.7. The van der Waals surface area contributed by atoms with Crippen LogP contribution in [0.25, 0.3) is 0 Å². The largest absolute Gasteiger partial charge is 0.444 e. The summed E-state index contributed by atoms with van der Waals surface area (Å²) in [6, 6.07) is 6.09. The Kier molecular flexibility index (Phi) is 9.65. The molecule has 38 heavy (non-hydrogen) atoms. The molecule has 0 atom stereocenters. The molecule has 10 heteroatoms. The third-order valence-electron chi connectivity index (χ3n) is 7.19. The second-order valence-electron chi connectivity index (χ2n) is 11.7. The molecule has 2 aromatic rings. The fourth-order valence-electron chi connectivity index (χ4n) is 4.76. The monoisotopic (exact) mass is 560 g/mol. The Morgan fingerprint density at radius 3 is 2.61 bits per heavy atom. The Balaban J connectivity index is 1.27. The van der Waals surface area contributed by atoms with Gasteiger partial charge in [-0.3, -0.25) is 0 Å². The average Bonchev–Trinajstić information content (AvgIpc) is 2.89. The van der Waals surface area contributed by atoms with Gasteiger partial charge in [0.1, 0.15) is 16.4 Å². The van der Waals surface area contributed by atoms with Crippen molar-refractivity contribution in [1.29, 1.82) is 0 Å². The summed E-state index contributed by atoms with van der Waals surface area (Å²) in [6.07, 6.45) is 7.60. The highest BCUT2D eigenvalue weighted by molar-refractivity contribution is 7.99. The summed E-state index contributed by atoms with van der Waals surface area (Å²) < 4.78 is 5.37. The van der Waals surface area contributed by atoms with Gasteiger partial charge in [0.05, 0.1) is 23.1 Å². The second-order valence-corrected chi connectivity index (χ2v) is 13.1. The topological polar surface area (TPSA) is 91.4 Å². The predicted octanol–water partition coefficient (Wildman–Crippen LogP) is 5.82. The van der Waals surface area contributed by atoms with Gasteiger partial charge in [-0.05, 0) is 83.0 Å². The number of aromatic nitrogens is 2. The summed E-state index contributed by atoms with van der Waals surface area (Å²) in [7, 11) is 0. The molecular formula is C28H41ClN6O2S. The van der Waals surface area contributed by atoms with E-state index in [0.717, 1.165) is 72.0 Å². The molecule has 2 aliphatic rings. The molecule has 3 heterocycles. The maximum atomic E-state index is 12.1. The smallest absolute Gasteiger partial charge is 0.407 e. The minimum absolute atomic E-state index is 0.0281. The lowest BCUT2D eigenvalue weighted by atomic mass is 9.80. The number of rotatable bonds is 8. The van der Waals surface area contributed by atoms with Crippen LogP contribution in [0.3, 0.4) is 0 Å². The number of halogens is 1. The van der Waals surface area contributed by atoms with E-state index in [1.54, 1.807) is 0 Å². The van der Waals surface area contributed by atoms with E-state index in [0.29, 0.717) is 12.5 Å². The van der Waals surface area contributed by atoms with E-state index in [2.05, 4.69) is 32.8 Å². The lowest BCUT2D eigenvalue weighted by Crippen LogP contribution is -2.45. The summed E-state index contributed by atoms with van der Waals surface area (Å²) >= 11 is 8.28. The average molecular weight is 561 g/mol. The van der Waals surface area contributed by atoms with Crippen molar-refractivity contribution in [3.05, 3.63) is 35.6 Å². The molecule has 2 saturated heterocycles. The molecule has 0 saturated carbocycles. The van der Waals surface area contributed by atoms with Crippen molar-refractivity contribution in [3.63, 3.8) is 0 Å². The molecule has 0 bridgehead atoms. The lowest BCUT2D eigenvalue weighted by molar-refractivity contribution is 0.0495. The molecule has 1 aromatic heterocycles. The molecule has 2 aliphatic heterocycles. The SMILES string of the molecule is CC1(CNC(=O)OC(C)(C)C)CCN(c2cnc(Sc3cccc(NCC4CCNCC4)c3Cl)cn2)CC1. The Morgan fingerprint density at radius 2 is 1.95 bits per heavy atom. The fraction of sp³-hybridized carbons (Fsp3) is 0.607. The van der Waals surface area contributed by atoms with E-state index in [1.165, 1.54) is 24.6 Å². The molecule has 1 aromatic carbocycles. The number of amides is 1. The minimum atomic E-state index is -0.491. The molecule has 0 spiro atoms. The molecule has 4 rings (SSSR count). The summed E-state index contributed by atoms with van der Waals surface area (Å²) in [6.45, 7) is 13.3. The number of piperidine rings is 2. The van der Waals surface area contributed by atoms with E-state index >= 15 is 0 Å². The first-order chi connectivity index (χ1) is 18.1. The van der Waals surface area contributed by atoms with Gasteiger partial charge in [0.15, 0.2) is 0 Å². The van der Waals surface area contributed by atoms with Crippen molar-refractivity contribution in [2.75, 3.05) is 49.5 Å². The van der Waals surface area contributed by atoms with Gasteiger partial charge in [-0.1, -0.05) is 36.4 Å². The van der Waals surface area contributed by atoms with Gasteiger partial charge >= 0.3 is 6.09 Å². The van der Waals surface area contributed by atoms with E-state index in [-0.39, 0.29) is 11.5 Å². The van der Waals surface area contributed by atoms with Crippen LogP contribution < -0.4 is 20.9 Å². The number of ether oxygens (including phenoxy) is 1. The van der Waals surface area contributed by atoms with Gasteiger partial charge in [0.2, 0.25) is 0 Å². The highest BCUT2D eigenvalue weighted by atomic mass is 35.5. The quantitative estimate of drug-likeness (QED) is 0.372. The first kappa shape index (κ1) is 28.8. The number of nitrogens with zero attached hydrogens (tertiary/aromatic N) is 3. The zero-order valence-electron chi connectivity index (χ0n) is 23.0. The van der Waals surface area contributed by atoms with Crippen LogP contribution in [0.1, 0.15) is 53.4 Å². The number of alkyl carbamates (subject to hydrolysis) is 1. The van der Waals surface area contributed by atoms with Crippen LogP contribution in [0.5, 0.6) is 0 Å². The highest BCUT2D eigenvalue weighted by Crippen LogP contribution is 2.37. The minimum Gasteiger partial charge on any atom is -0.444 e. The van der Waals surface area contributed by atoms with Gasteiger partial charge < -0.3 is 25.6 Å². The molecular weight excluding hydrogens is 520 g/mol. The predicted molar refractivity (Wildman–Crippen MR) is 155 cm³/mol. The van der Waals surface area contributed by atoms with Gasteiger partial charge in [-0.25, -0.2) is 14.8 Å². The van der Waals surface area contributed by atoms with Gasteiger partial charge in [-0.15, -0.1) is 0 Å². The van der Waals surface area contributed by atoms with Crippen molar-refractivity contribution in [2.45, 2.75) is 68.9 Å². The van der Waals surface area contributed by atoms with E-state index in [1.807, 2.05) is 51.4 Å². The highest BCUT2D eigenvalue weighted by Gasteiger charge is 2.31. The van der Waals surface area contributed by atoms with Crippen LogP contribution in [0, 0.1) is 11.3 Å². The molecule has 8 nitrogen and oxygen atoms in total. The number of benzene rings is 1. The maximum absolute atomic E-state index is 12.1. The summed E-state index contributed by atoms with van der Waals surface area (Å²) in [5.74, 6) is 1.55. The van der Waals surface area contributed by atoms with Crippen LogP contribution in [0.2, 0.25) is 5.02 Å². The third-order valence-corrected chi connectivity index (χ3v) is 8.68. The van der Waals surface area contributed by atoms with Gasteiger partial charge in [0, 0.05) is 31.1 Å². The van der Waals surface area contributed by atoms with E-state index < -0.39 is 5.60 Å². The number of carbonyl (C=O) groups excluding carboxylic acids is 1. The van der Waals surface area contributed by atoms with Crippen LogP contribution in [0.4, 0.5) is 16.3 Å². The molecule has 0 unspecified atom stereocenters. The zero-order chi connectivity index (χ0) is 27.2. The van der Waals surface area contributed by atoms with Crippen LogP contribution >= 0.6 is 23.4 Å². The Morgan fingerprint density at radius 1 is 1.21 bits per heavy atom. The maximum Gasteiger partial charge on any atom is 0.407 e. The number of carbonyl (C=O) groups is 1. The number of nitrogens with one attached hydrogen (secondary N) is 3. The Bertz CT molecular complexity index is 1060. The summed E-state index contributed by atoms with van der Waals surface area (Å²) in [5, 5.41) is 11.4. The van der Waals surface area contributed by atoms with Crippen molar-refractivity contribution in [2.24, 2.45) is 11.3 Å². The van der Waals surface area contributed by atoms with Crippen molar-refractivity contribution >= 4 is 41.0 Å². The van der Waals surface area contributed by atoms with Gasteiger partial charge in [-0.2, -0.15) is 0 Å². The van der Waals surface area contributed by atoms with Crippen LogP contribution in [-0.2, 0) is 4.74 Å². The Labute approximate surface area is 236 Å². The van der Waals surface area contributed by atoms with E-state index in [9.17, 15) is 4.79 Å². The molecule has 2 fully saturated rings. The van der Waals surface area contributed by atoms with Crippen molar-refractivity contribution in [3.8, 4) is 0 Å². The van der Waals surface area contributed by atoms with Crippen molar-refractivity contribution < 1.29 is 9.53 Å². The second kappa shape index (κ2) is 12.7. The summed E-state index contributed by atoms with van der Waals surface area (Å²) in [4.78, 5) is 24.6. The summed E-state index contributed by atoms with van der Waals surface area (Å²) in [5.41, 5.74) is 0.507. The zero-order valence-corrected chi connectivity index (χ0v) is 24.6. The van der Waals surface area contributed by atoms with Crippen molar-refractivity contribution in [1.82, 2.24) is 20.6 Å². The van der Waals surface area contributed by atoms with Crippen LogP contribution in [0.15, 0.2) is 40.5 Å².